The van der Waals surface area contributed by atoms with Gasteiger partial charge in [-0.3, -0.25) is 0 Å². The molecule has 0 radical (unpaired) electrons. The van der Waals surface area contributed by atoms with E-state index < -0.39 is 11.6 Å². The summed E-state index contributed by atoms with van der Waals surface area (Å²) in [5.41, 5.74) is -0.911. The average Bonchev–Trinajstić information content (AvgIpc) is 3.03. The standard InChI is InChI=1S/C11H11ClO4/c1-15-10(14)11(4-5-11)16-9-6-7(13)2-3-8(9)12/h2-3,6,13H,4-5H2,1H3. The molecule has 1 aliphatic rings. The van der Waals surface area contributed by atoms with Gasteiger partial charge in [0.25, 0.3) is 0 Å². The molecule has 16 heavy (non-hydrogen) atoms. The summed E-state index contributed by atoms with van der Waals surface area (Å²) in [6.07, 6.45) is 1.21. The van der Waals surface area contributed by atoms with Crippen LogP contribution in [0.2, 0.25) is 5.02 Å². The molecule has 0 unspecified atom stereocenters. The molecule has 1 saturated carbocycles. The molecular formula is C11H11ClO4. The first-order valence-electron chi connectivity index (χ1n) is 4.83. The minimum atomic E-state index is -0.911. The summed E-state index contributed by atoms with van der Waals surface area (Å²) >= 11 is 5.89. The van der Waals surface area contributed by atoms with Gasteiger partial charge in [-0.1, -0.05) is 11.6 Å². The van der Waals surface area contributed by atoms with E-state index in [-0.39, 0.29) is 5.75 Å². The fraction of sp³-hybridized carbons (Fsp3) is 0.364. The lowest BCUT2D eigenvalue weighted by Crippen LogP contribution is -2.30. The molecular weight excluding hydrogens is 232 g/mol. The summed E-state index contributed by atoms with van der Waals surface area (Å²) in [6.45, 7) is 0. The number of rotatable bonds is 3. The van der Waals surface area contributed by atoms with Crippen LogP contribution in [-0.4, -0.2) is 23.8 Å². The number of esters is 1. The van der Waals surface area contributed by atoms with Crippen LogP contribution in [0.5, 0.6) is 11.5 Å². The van der Waals surface area contributed by atoms with E-state index in [1.54, 1.807) is 0 Å². The van der Waals surface area contributed by atoms with Gasteiger partial charge in [0.2, 0.25) is 5.60 Å². The SMILES string of the molecule is COC(=O)C1(Oc2cc(O)ccc2Cl)CC1. The summed E-state index contributed by atoms with van der Waals surface area (Å²) in [5.74, 6) is -0.0726. The molecule has 4 nitrogen and oxygen atoms in total. The van der Waals surface area contributed by atoms with Gasteiger partial charge in [-0.05, 0) is 12.1 Å². The number of hydrogen-bond donors (Lipinski definition) is 1. The lowest BCUT2D eigenvalue weighted by Gasteiger charge is -2.16. The maximum atomic E-state index is 11.4. The van der Waals surface area contributed by atoms with Crippen molar-refractivity contribution in [2.75, 3.05) is 7.11 Å². The van der Waals surface area contributed by atoms with E-state index in [0.29, 0.717) is 23.6 Å². The monoisotopic (exact) mass is 242 g/mol. The number of ether oxygens (including phenoxy) is 2. The van der Waals surface area contributed by atoms with Gasteiger partial charge in [-0.15, -0.1) is 0 Å². The molecule has 1 aliphatic carbocycles. The second-order valence-corrected chi connectivity index (χ2v) is 4.11. The molecule has 0 spiro atoms. The fourth-order valence-corrected chi connectivity index (χ4v) is 1.58. The minimum Gasteiger partial charge on any atom is -0.508 e. The first-order chi connectivity index (χ1) is 7.57. The molecule has 0 bridgehead atoms. The van der Waals surface area contributed by atoms with Crippen molar-refractivity contribution in [1.82, 2.24) is 0 Å². The Morgan fingerprint density at radius 3 is 2.75 bits per heavy atom. The maximum Gasteiger partial charge on any atom is 0.350 e. The third-order valence-electron chi connectivity index (χ3n) is 2.48. The van der Waals surface area contributed by atoms with Crippen LogP contribution in [0.1, 0.15) is 12.8 Å². The molecule has 0 aromatic heterocycles. The molecule has 0 atom stereocenters. The van der Waals surface area contributed by atoms with Crippen LogP contribution < -0.4 is 4.74 Å². The molecule has 5 heteroatoms. The van der Waals surface area contributed by atoms with Gasteiger partial charge in [0.15, 0.2) is 0 Å². The van der Waals surface area contributed by atoms with Crippen LogP contribution in [0.4, 0.5) is 0 Å². The van der Waals surface area contributed by atoms with Gasteiger partial charge in [0.05, 0.1) is 12.1 Å². The number of halogens is 1. The zero-order chi connectivity index (χ0) is 11.8. The highest BCUT2D eigenvalue weighted by atomic mass is 35.5. The highest BCUT2D eigenvalue weighted by Crippen LogP contribution is 2.43. The highest BCUT2D eigenvalue weighted by molar-refractivity contribution is 6.32. The molecule has 0 heterocycles. The number of methoxy groups -OCH3 is 1. The van der Waals surface area contributed by atoms with E-state index in [1.165, 1.54) is 25.3 Å². The number of phenolic OH excluding ortho intramolecular Hbond substituents is 1. The number of hydrogen-bond acceptors (Lipinski definition) is 4. The summed E-state index contributed by atoms with van der Waals surface area (Å²) in [6, 6.07) is 4.35. The Labute approximate surface area is 97.7 Å². The van der Waals surface area contributed by atoms with E-state index in [1.807, 2.05) is 0 Å². The van der Waals surface area contributed by atoms with Crippen molar-refractivity contribution in [3.63, 3.8) is 0 Å². The van der Waals surface area contributed by atoms with E-state index >= 15 is 0 Å². The minimum absolute atomic E-state index is 0.0417. The number of aromatic hydroxyl groups is 1. The number of benzene rings is 1. The lowest BCUT2D eigenvalue weighted by atomic mass is 10.3. The van der Waals surface area contributed by atoms with Crippen molar-refractivity contribution in [2.24, 2.45) is 0 Å². The predicted octanol–water partition coefficient (Wildman–Crippen LogP) is 2.13. The lowest BCUT2D eigenvalue weighted by molar-refractivity contribution is -0.151. The van der Waals surface area contributed by atoms with Gasteiger partial charge in [-0.2, -0.15) is 0 Å². The Morgan fingerprint density at radius 1 is 1.50 bits per heavy atom. The first-order valence-corrected chi connectivity index (χ1v) is 5.21. The van der Waals surface area contributed by atoms with Gasteiger partial charge in [0.1, 0.15) is 11.5 Å². The van der Waals surface area contributed by atoms with Crippen LogP contribution in [-0.2, 0) is 9.53 Å². The molecule has 2 rings (SSSR count). The van der Waals surface area contributed by atoms with Crippen LogP contribution in [0.15, 0.2) is 18.2 Å². The molecule has 1 aromatic rings. The first kappa shape index (κ1) is 11.1. The summed E-state index contributed by atoms with van der Waals surface area (Å²) in [7, 11) is 1.32. The predicted molar refractivity (Wildman–Crippen MR) is 57.7 cm³/mol. The number of carbonyl (C=O) groups excluding carboxylic acids is 1. The highest BCUT2D eigenvalue weighted by Gasteiger charge is 2.54. The third-order valence-corrected chi connectivity index (χ3v) is 2.79. The van der Waals surface area contributed by atoms with Gasteiger partial charge in [0, 0.05) is 18.9 Å². The molecule has 1 N–H and O–H groups in total. The zero-order valence-corrected chi connectivity index (χ0v) is 9.45. The Bertz CT molecular complexity index is 426. The summed E-state index contributed by atoms with van der Waals surface area (Å²) in [4.78, 5) is 11.4. The van der Waals surface area contributed by atoms with Gasteiger partial charge < -0.3 is 14.6 Å². The molecule has 0 amide bonds. The number of phenols is 1. The van der Waals surface area contributed by atoms with E-state index in [9.17, 15) is 9.90 Å². The Kier molecular flexibility index (Phi) is 2.68. The second-order valence-electron chi connectivity index (χ2n) is 3.70. The maximum absolute atomic E-state index is 11.4. The molecule has 0 aliphatic heterocycles. The Hall–Kier alpha value is -1.42. The number of carbonyl (C=O) groups is 1. The van der Waals surface area contributed by atoms with Gasteiger partial charge >= 0.3 is 5.97 Å². The Morgan fingerprint density at radius 2 is 2.19 bits per heavy atom. The van der Waals surface area contributed by atoms with Crippen molar-refractivity contribution in [3.05, 3.63) is 23.2 Å². The quantitative estimate of drug-likeness (QED) is 0.825. The van der Waals surface area contributed by atoms with Crippen LogP contribution in [0.25, 0.3) is 0 Å². The Balaban J connectivity index is 2.21. The summed E-state index contributed by atoms with van der Waals surface area (Å²) < 4.78 is 10.2. The third kappa shape index (κ3) is 1.93. The molecule has 1 aromatic carbocycles. The second kappa shape index (κ2) is 3.87. The average molecular weight is 243 g/mol. The largest absolute Gasteiger partial charge is 0.508 e. The normalized spacial score (nSPS) is 16.6. The molecule has 0 saturated heterocycles. The van der Waals surface area contributed by atoms with E-state index in [4.69, 9.17) is 16.3 Å². The molecule has 86 valence electrons. The van der Waals surface area contributed by atoms with Crippen molar-refractivity contribution in [1.29, 1.82) is 0 Å². The van der Waals surface area contributed by atoms with Crippen LogP contribution in [0.3, 0.4) is 0 Å². The van der Waals surface area contributed by atoms with E-state index in [2.05, 4.69) is 4.74 Å². The topological polar surface area (TPSA) is 55.8 Å². The summed E-state index contributed by atoms with van der Waals surface area (Å²) in [5, 5.41) is 9.65. The van der Waals surface area contributed by atoms with E-state index in [0.717, 1.165) is 0 Å². The molecule has 1 fully saturated rings. The zero-order valence-electron chi connectivity index (χ0n) is 8.70. The fourth-order valence-electron chi connectivity index (χ4n) is 1.43. The van der Waals surface area contributed by atoms with Crippen LogP contribution in [0, 0.1) is 0 Å². The van der Waals surface area contributed by atoms with Gasteiger partial charge in [-0.25, -0.2) is 4.79 Å². The van der Waals surface area contributed by atoms with Crippen LogP contribution >= 0.6 is 11.6 Å². The van der Waals surface area contributed by atoms with Crippen molar-refractivity contribution in [3.8, 4) is 11.5 Å². The van der Waals surface area contributed by atoms with Crippen molar-refractivity contribution < 1.29 is 19.4 Å². The smallest absolute Gasteiger partial charge is 0.350 e. The van der Waals surface area contributed by atoms with Crippen molar-refractivity contribution in [2.45, 2.75) is 18.4 Å². The van der Waals surface area contributed by atoms with Crippen molar-refractivity contribution >= 4 is 17.6 Å².